The second kappa shape index (κ2) is 8.86. The van der Waals surface area contributed by atoms with Gasteiger partial charge in [-0.15, -0.1) is 0 Å². The van der Waals surface area contributed by atoms with Crippen molar-refractivity contribution in [3.05, 3.63) is 92.3 Å². The molecule has 0 unspecified atom stereocenters. The molecule has 0 aliphatic carbocycles. The maximum Gasteiger partial charge on any atom is 0.339 e. The van der Waals surface area contributed by atoms with Gasteiger partial charge in [-0.05, 0) is 44.2 Å². The van der Waals surface area contributed by atoms with Gasteiger partial charge in [0.1, 0.15) is 12.1 Å². The molecular weight excluding hydrogens is 436 g/mol. The number of methoxy groups -OCH3 is 1. The lowest BCUT2D eigenvalue weighted by atomic mass is 10.2. The van der Waals surface area contributed by atoms with Crippen LogP contribution in [0.3, 0.4) is 0 Å². The van der Waals surface area contributed by atoms with Crippen LogP contribution in [-0.2, 0) is 23.1 Å². The number of rotatable bonds is 5. The van der Waals surface area contributed by atoms with E-state index in [1.165, 1.54) is 17.7 Å². The summed E-state index contributed by atoms with van der Waals surface area (Å²) in [6, 6.07) is 15.1. The van der Waals surface area contributed by atoms with Crippen LogP contribution in [0.25, 0.3) is 16.7 Å². The number of carbonyl (C=O) groups is 2. The second-order valence-electron chi connectivity index (χ2n) is 8.01. The minimum absolute atomic E-state index is 0.191. The minimum atomic E-state index is -0.636. The minimum Gasteiger partial charge on any atom is -0.465 e. The predicted octanol–water partition coefficient (Wildman–Crippen LogP) is 2.53. The third-order valence-electron chi connectivity index (χ3n) is 5.77. The summed E-state index contributed by atoms with van der Waals surface area (Å²) in [5.41, 5.74) is 2.17. The first-order valence-corrected chi connectivity index (χ1v) is 10.6. The molecule has 2 aromatic heterocycles. The molecule has 4 aromatic rings. The fraction of sp³-hybridized carbons (Fsp3) is 0.200. The molecule has 1 amide bonds. The Hall–Kier alpha value is -4.40. The highest BCUT2D eigenvalue weighted by Gasteiger charge is 2.21. The molecule has 4 rings (SSSR count). The van der Waals surface area contributed by atoms with Crippen LogP contribution in [0.5, 0.6) is 0 Å². The lowest BCUT2D eigenvalue weighted by Gasteiger charge is -2.14. The number of esters is 1. The Bertz CT molecular complexity index is 1540. The molecule has 1 N–H and O–H groups in total. The molecule has 0 saturated heterocycles. The number of hydrogen-bond donors (Lipinski definition) is 1. The van der Waals surface area contributed by atoms with Crippen molar-refractivity contribution in [3.8, 4) is 5.69 Å². The summed E-state index contributed by atoms with van der Waals surface area (Å²) < 4.78 is 8.80. The Balaban J connectivity index is 1.83. The van der Waals surface area contributed by atoms with Gasteiger partial charge in [0, 0.05) is 12.7 Å². The van der Waals surface area contributed by atoms with E-state index in [2.05, 4.69) is 5.32 Å². The maximum absolute atomic E-state index is 13.5. The summed E-state index contributed by atoms with van der Waals surface area (Å²) in [5.74, 6) is -1.13. The van der Waals surface area contributed by atoms with E-state index in [9.17, 15) is 19.2 Å². The first-order valence-electron chi connectivity index (χ1n) is 10.6. The van der Waals surface area contributed by atoms with Crippen LogP contribution in [0.4, 0.5) is 5.69 Å². The van der Waals surface area contributed by atoms with Gasteiger partial charge in [0.15, 0.2) is 0 Å². The van der Waals surface area contributed by atoms with Crippen LogP contribution in [-0.4, -0.2) is 32.7 Å². The molecule has 0 aliphatic heterocycles. The molecule has 0 radical (unpaired) electrons. The molecule has 174 valence electrons. The number of aryl methyl sites for hydroxylation is 3. The number of hydrogen-bond acceptors (Lipinski definition) is 5. The smallest absolute Gasteiger partial charge is 0.339 e. The Kier molecular flexibility index (Phi) is 5.93. The van der Waals surface area contributed by atoms with Crippen LogP contribution in [0.1, 0.15) is 21.6 Å². The van der Waals surface area contributed by atoms with Crippen molar-refractivity contribution in [3.63, 3.8) is 0 Å². The van der Waals surface area contributed by atoms with E-state index in [4.69, 9.17) is 4.74 Å². The molecule has 0 saturated carbocycles. The summed E-state index contributed by atoms with van der Waals surface area (Å²) in [6.45, 7) is 3.36. The molecule has 0 bridgehead atoms. The SMILES string of the molecule is COC(=O)c1ccccc1NC(=O)Cn1c(=O)n(-c2ccc(C)cc2)c(=O)c2c1cc(C)n2C. The molecule has 9 nitrogen and oxygen atoms in total. The molecule has 0 spiro atoms. The zero-order valence-electron chi connectivity index (χ0n) is 19.3. The van der Waals surface area contributed by atoms with Gasteiger partial charge in [-0.25, -0.2) is 14.2 Å². The Morgan fingerprint density at radius 3 is 2.35 bits per heavy atom. The number of amides is 1. The lowest BCUT2D eigenvalue weighted by molar-refractivity contribution is -0.116. The van der Waals surface area contributed by atoms with E-state index in [0.717, 1.165) is 15.8 Å². The van der Waals surface area contributed by atoms with Gasteiger partial charge in [0.25, 0.3) is 5.56 Å². The molecule has 0 aliphatic rings. The third kappa shape index (κ3) is 3.92. The normalized spacial score (nSPS) is 10.9. The average Bonchev–Trinajstić information content (AvgIpc) is 3.12. The van der Waals surface area contributed by atoms with E-state index >= 15 is 0 Å². The highest BCUT2D eigenvalue weighted by Crippen LogP contribution is 2.18. The number of fused-ring (bicyclic) bond motifs is 1. The molecule has 34 heavy (non-hydrogen) atoms. The van der Waals surface area contributed by atoms with E-state index in [-0.39, 0.29) is 17.8 Å². The van der Waals surface area contributed by atoms with E-state index in [1.54, 1.807) is 48.0 Å². The van der Waals surface area contributed by atoms with Gasteiger partial charge in [-0.1, -0.05) is 29.8 Å². The third-order valence-corrected chi connectivity index (χ3v) is 5.77. The fourth-order valence-corrected chi connectivity index (χ4v) is 3.87. The van der Waals surface area contributed by atoms with Gasteiger partial charge >= 0.3 is 11.7 Å². The fourth-order valence-electron chi connectivity index (χ4n) is 3.87. The summed E-state index contributed by atoms with van der Waals surface area (Å²) >= 11 is 0. The molecule has 0 atom stereocenters. The highest BCUT2D eigenvalue weighted by molar-refractivity contribution is 6.01. The van der Waals surface area contributed by atoms with Crippen molar-refractivity contribution in [1.82, 2.24) is 13.7 Å². The molecule has 2 heterocycles. The van der Waals surface area contributed by atoms with Crippen LogP contribution in [0, 0.1) is 13.8 Å². The summed E-state index contributed by atoms with van der Waals surface area (Å²) in [6.07, 6.45) is 0. The average molecular weight is 460 g/mol. The Labute approximate surface area is 194 Å². The number of carbonyl (C=O) groups excluding carboxylic acids is 2. The predicted molar refractivity (Wildman–Crippen MR) is 129 cm³/mol. The van der Waals surface area contributed by atoms with Gasteiger partial charge in [-0.3, -0.25) is 14.2 Å². The first-order chi connectivity index (χ1) is 16.2. The number of aromatic nitrogens is 3. The number of nitrogens with zero attached hydrogens (tertiary/aromatic N) is 3. The zero-order chi connectivity index (χ0) is 24.6. The van der Waals surface area contributed by atoms with E-state index in [1.807, 2.05) is 26.0 Å². The van der Waals surface area contributed by atoms with Crippen LogP contribution >= 0.6 is 0 Å². The van der Waals surface area contributed by atoms with Crippen LogP contribution in [0.15, 0.2) is 64.2 Å². The standard InChI is InChI=1S/C25H24N4O5/c1-15-9-11-17(12-10-15)29-23(31)22-20(13-16(2)27(22)3)28(25(29)33)14-21(30)26-19-8-6-5-7-18(19)24(32)34-4/h5-13H,14H2,1-4H3,(H,26,30). The molecule has 0 fully saturated rings. The summed E-state index contributed by atoms with van der Waals surface area (Å²) in [5, 5.41) is 2.68. The number of anilines is 1. The number of ether oxygens (including phenoxy) is 1. The van der Waals surface area contributed by atoms with Gasteiger partial charge in [0.2, 0.25) is 5.91 Å². The van der Waals surface area contributed by atoms with Crippen molar-refractivity contribution < 1.29 is 14.3 Å². The Morgan fingerprint density at radius 2 is 1.68 bits per heavy atom. The number of benzene rings is 2. The molecular formula is C25H24N4O5. The van der Waals surface area contributed by atoms with E-state index in [0.29, 0.717) is 16.7 Å². The monoisotopic (exact) mass is 460 g/mol. The highest BCUT2D eigenvalue weighted by atomic mass is 16.5. The second-order valence-corrected chi connectivity index (χ2v) is 8.01. The Morgan fingerprint density at radius 1 is 1.00 bits per heavy atom. The topological polar surface area (TPSA) is 104 Å². The van der Waals surface area contributed by atoms with E-state index < -0.39 is 23.1 Å². The van der Waals surface area contributed by atoms with Gasteiger partial charge in [0.05, 0.1) is 29.6 Å². The van der Waals surface area contributed by atoms with Crippen molar-refractivity contribution in [2.75, 3.05) is 12.4 Å². The summed E-state index contributed by atoms with van der Waals surface area (Å²) in [7, 11) is 2.99. The summed E-state index contributed by atoms with van der Waals surface area (Å²) in [4.78, 5) is 51.8. The van der Waals surface area contributed by atoms with Crippen LogP contribution in [0.2, 0.25) is 0 Å². The number of para-hydroxylation sites is 1. The van der Waals surface area contributed by atoms with Crippen molar-refractivity contribution >= 4 is 28.6 Å². The quantitative estimate of drug-likeness (QED) is 0.461. The van der Waals surface area contributed by atoms with Gasteiger partial charge in [-0.2, -0.15) is 0 Å². The molecule has 2 aromatic carbocycles. The van der Waals surface area contributed by atoms with Gasteiger partial charge < -0.3 is 14.6 Å². The zero-order valence-corrected chi connectivity index (χ0v) is 19.3. The van der Waals surface area contributed by atoms with Crippen molar-refractivity contribution in [1.29, 1.82) is 0 Å². The first kappa shape index (κ1) is 22.8. The van der Waals surface area contributed by atoms with Crippen molar-refractivity contribution in [2.24, 2.45) is 7.05 Å². The maximum atomic E-state index is 13.5. The van der Waals surface area contributed by atoms with Crippen LogP contribution < -0.4 is 16.6 Å². The van der Waals surface area contributed by atoms with Crippen molar-refractivity contribution in [2.45, 2.75) is 20.4 Å². The lowest BCUT2D eigenvalue weighted by Crippen LogP contribution is -2.41. The largest absolute Gasteiger partial charge is 0.465 e. The molecule has 9 heteroatoms. The number of nitrogens with one attached hydrogen (secondary N) is 1.